The number of anilines is 2. The molecular weight excluding hydrogens is 500 g/mol. The number of rotatable bonds is 7. The fraction of sp³-hybridized carbons (Fsp3) is 0.182. The second kappa shape index (κ2) is 10.7. The maximum absolute atomic E-state index is 14.1. The average molecular weight is 533 g/mol. The SMILES string of the molecule is CC(C)(C)c1ccc(C(=O)Nc2c(N)ccc(OCc3ccccc3)c2C(=O)c2ccc3c(c2)C(N)=NC3)cc1. The van der Waals surface area contributed by atoms with Gasteiger partial charge in [0.1, 0.15) is 18.2 Å². The number of nitrogen functional groups attached to an aromatic ring is 1. The Labute approximate surface area is 233 Å². The van der Waals surface area contributed by atoms with Crippen molar-refractivity contribution in [3.8, 4) is 5.75 Å². The number of hydrogen-bond donors (Lipinski definition) is 3. The van der Waals surface area contributed by atoms with Crippen LogP contribution in [0.5, 0.6) is 5.75 Å². The molecule has 0 saturated carbocycles. The van der Waals surface area contributed by atoms with Crippen LogP contribution in [0.2, 0.25) is 0 Å². The number of amidine groups is 1. The highest BCUT2D eigenvalue weighted by atomic mass is 16.5. The second-order valence-electron chi connectivity index (χ2n) is 10.9. The third-order valence-electron chi connectivity index (χ3n) is 6.98. The van der Waals surface area contributed by atoms with Gasteiger partial charge in [-0.25, -0.2) is 0 Å². The summed E-state index contributed by atoms with van der Waals surface area (Å²) < 4.78 is 6.14. The summed E-state index contributed by atoms with van der Waals surface area (Å²) in [5.41, 5.74) is 17.5. The lowest BCUT2D eigenvalue weighted by Gasteiger charge is -2.20. The van der Waals surface area contributed by atoms with E-state index in [0.717, 1.165) is 22.3 Å². The van der Waals surface area contributed by atoms with Gasteiger partial charge in [-0.15, -0.1) is 0 Å². The third kappa shape index (κ3) is 5.45. The molecule has 5 rings (SSSR count). The van der Waals surface area contributed by atoms with Crippen molar-refractivity contribution in [2.45, 2.75) is 39.3 Å². The molecule has 0 saturated heterocycles. The monoisotopic (exact) mass is 532 g/mol. The summed E-state index contributed by atoms with van der Waals surface area (Å²) in [5.74, 6) is -0.0310. The zero-order valence-corrected chi connectivity index (χ0v) is 22.8. The van der Waals surface area contributed by atoms with Crippen LogP contribution >= 0.6 is 0 Å². The Morgan fingerprint density at radius 1 is 0.900 bits per heavy atom. The van der Waals surface area contributed by atoms with E-state index in [-0.39, 0.29) is 40.7 Å². The van der Waals surface area contributed by atoms with E-state index >= 15 is 0 Å². The second-order valence-corrected chi connectivity index (χ2v) is 10.9. The predicted molar refractivity (Wildman–Crippen MR) is 159 cm³/mol. The Morgan fingerprint density at radius 3 is 2.30 bits per heavy atom. The van der Waals surface area contributed by atoms with Gasteiger partial charge in [-0.05, 0) is 52.4 Å². The molecule has 0 radical (unpaired) electrons. The lowest BCUT2D eigenvalue weighted by molar-refractivity contribution is 0.102. The van der Waals surface area contributed by atoms with Gasteiger partial charge in [0.25, 0.3) is 5.91 Å². The lowest BCUT2D eigenvalue weighted by Crippen LogP contribution is -2.19. The van der Waals surface area contributed by atoms with E-state index in [4.69, 9.17) is 16.2 Å². The van der Waals surface area contributed by atoms with Crippen LogP contribution < -0.4 is 21.5 Å². The predicted octanol–water partition coefficient (Wildman–Crippen LogP) is 5.85. The van der Waals surface area contributed by atoms with Gasteiger partial charge in [0.05, 0.1) is 23.5 Å². The number of amides is 1. The fourth-order valence-electron chi connectivity index (χ4n) is 4.62. The van der Waals surface area contributed by atoms with Crippen molar-refractivity contribution in [1.29, 1.82) is 0 Å². The molecule has 1 amide bonds. The van der Waals surface area contributed by atoms with Gasteiger partial charge in [0.2, 0.25) is 0 Å². The minimum atomic E-state index is -0.383. The fourth-order valence-corrected chi connectivity index (χ4v) is 4.62. The van der Waals surface area contributed by atoms with Gasteiger partial charge in [0, 0.05) is 16.7 Å². The number of carbonyl (C=O) groups is 2. The summed E-state index contributed by atoms with van der Waals surface area (Å²) in [6, 6.07) is 25.6. The van der Waals surface area contributed by atoms with Crippen molar-refractivity contribution < 1.29 is 14.3 Å². The van der Waals surface area contributed by atoms with Gasteiger partial charge in [-0.1, -0.05) is 75.4 Å². The molecule has 1 aliphatic heterocycles. The summed E-state index contributed by atoms with van der Waals surface area (Å²) >= 11 is 0. The number of nitrogens with zero attached hydrogens (tertiary/aromatic N) is 1. The molecule has 40 heavy (non-hydrogen) atoms. The summed E-state index contributed by atoms with van der Waals surface area (Å²) in [5, 5.41) is 2.89. The van der Waals surface area contributed by atoms with Crippen molar-refractivity contribution in [3.63, 3.8) is 0 Å². The quantitative estimate of drug-likeness (QED) is 0.204. The van der Waals surface area contributed by atoms with Gasteiger partial charge in [-0.2, -0.15) is 0 Å². The van der Waals surface area contributed by atoms with Crippen molar-refractivity contribution in [2.75, 3.05) is 11.1 Å². The van der Waals surface area contributed by atoms with Crippen LogP contribution in [0.3, 0.4) is 0 Å². The number of aliphatic imine (C=N–C) groups is 1. The maximum atomic E-state index is 14.1. The zero-order valence-electron chi connectivity index (χ0n) is 22.8. The first-order valence-corrected chi connectivity index (χ1v) is 13.1. The molecule has 1 aliphatic rings. The van der Waals surface area contributed by atoms with Crippen LogP contribution in [-0.2, 0) is 18.6 Å². The largest absolute Gasteiger partial charge is 0.488 e. The summed E-state index contributed by atoms with van der Waals surface area (Å²) in [4.78, 5) is 31.7. The van der Waals surface area contributed by atoms with Crippen LogP contribution in [0.1, 0.15) is 69.3 Å². The molecule has 0 spiro atoms. The molecular formula is C33H32N4O3. The van der Waals surface area contributed by atoms with Gasteiger partial charge in [-0.3, -0.25) is 14.6 Å². The number of nitrogens with one attached hydrogen (secondary N) is 1. The summed E-state index contributed by atoms with van der Waals surface area (Å²) in [6.45, 7) is 7.05. The molecule has 1 heterocycles. The molecule has 0 aliphatic carbocycles. The molecule has 202 valence electrons. The molecule has 4 aromatic rings. The summed E-state index contributed by atoms with van der Waals surface area (Å²) in [6.07, 6.45) is 0. The molecule has 0 fully saturated rings. The average Bonchev–Trinajstić information content (AvgIpc) is 3.32. The zero-order chi connectivity index (χ0) is 28.4. The number of ether oxygens (including phenoxy) is 1. The Balaban J connectivity index is 1.54. The Kier molecular flexibility index (Phi) is 7.13. The maximum Gasteiger partial charge on any atom is 0.255 e. The Hall–Kier alpha value is -4.91. The van der Waals surface area contributed by atoms with E-state index in [0.29, 0.717) is 29.3 Å². The van der Waals surface area contributed by atoms with Crippen molar-refractivity contribution in [1.82, 2.24) is 0 Å². The highest BCUT2D eigenvalue weighted by molar-refractivity contribution is 6.19. The Bertz CT molecular complexity index is 1620. The van der Waals surface area contributed by atoms with Crippen LogP contribution in [-0.4, -0.2) is 17.5 Å². The molecule has 0 aromatic heterocycles. The van der Waals surface area contributed by atoms with Gasteiger partial charge >= 0.3 is 0 Å². The van der Waals surface area contributed by atoms with Crippen molar-refractivity contribution >= 4 is 28.9 Å². The number of nitrogens with two attached hydrogens (primary N) is 2. The number of fused-ring (bicyclic) bond motifs is 1. The highest BCUT2D eigenvalue weighted by Crippen LogP contribution is 2.36. The van der Waals surface area contributed by atoms with Crippen LogP contribution in [0.15, 0.2) is 89.9 Å². The normalized spacial score (nSPS) is 12.4. The minimum Gasteiger partial charge on any atom is -0.488 e. The van der Waals surface area contributed by atoms with Crippen LogP contribution in [0.25, 0.3) is 0 Å². The highest BCUT2D eigenvalue weighted by Gasteiger charge is 2.25. The first-order chi connectivity index (χ1) is 19.1. The number of hydrogen-bond acceptors (Lipinski definition) is 6. The number of ketones is 1. The van der Waals surface area contributed by atoms with E-state index in [1.165, 1.54) is 0 Å². The molecule has 5 N–H and O–H groups in total. The molecule has 4 aromatic carbocycles. The van der Waals surface area contributed by atoms with E-state index in [2.05, 4.69) is 31.1 Å². The van der Waals surface area contributed by atoms with E-state index in [1.54, 1.807) is 36.4 Å². The molecule has 0 atom stereocenters. The molecule has 7 nitrogen and oxygen atoms in total. The first kappa shape index (κ1) is 26.7. The van der Waals surface area contributed by atoms with Gasteiger partial charge in [0.15, 0.2) is 5.78 Å². The summed E-state index contributed by atoms with van der Waals surface area (Å²) in [7, 11) is 0. The molecule has 0 unspecified atom stereocenters. The van der Waals surface area contributed by atoms with E-state index < -0.39 is 0 Å². The van der Waals surface area contributed by atoms with Gasteiger partial charge < -0.3 is 21.5 Å². The minimum absolute atomic E-state index is 0.0482. The third-order valence-corrected chi connectivity index (χ3v) is 6.98. The Morgan fingerprint density at radius 2 is 1.60 bits per heavy atom. The van der Waals surface area contributed by atoms with Crippen LogP contribution in [0, 0.1) is 0 Å². The number of benzene rings is 4. The first-order valence-electron chi connectivity index (χ1n) is 13.1. The van der Waals surface area contributed by atoms with Crippen molar-refractivity contribution in [3.05, 3.63) is 124 Å². The molecule has 7 heteroatoms. The molecule has 0 bridgehead atoms. The number of carbonyl (C=O) groups excluding carboxylic acids is 2. The smallest absolute Gasteiger partial charge is 0.255 e. The van der Waals surface area contributed by atoms with E-state index in [9.17, 15) is 9.59 Å². The lowest BCUT2D eigenvalue weighted by atomic mass is 9.86. The van der Waals surface area contributed by atoms with E-state index in [1.807, 2.05) is 48.5 Å². The van der Waals surface area contributed by atoms with Crippen molar-refractivity contribution in [2.24, 2.45) is 10.7 Å². The standard InChI is InChI=1S/C33H32N4O3/c1-33(2,3)24-13-11-21(12-14-24)32(39)37-29-26(34)15-16-27(40-19-20-7-5-4-6-8-20)28(29)30(38)22-9-10-23-18-36-31(35)25(23)17-22/h4-17H,18-19,34H2,1-3H3,(H2,35,36)(H,37,39). The topological polar surface area (TPSA) is 120 Å². The van der Waals surface area contributed by atoms with Crippen LogP contribution in [0.4, 0.5) is 11.4 Å².